The lowest BCUT2D eigenvalue weighted by atomic mass is 10.1. The summed E-state index contributed by atoms with van der Waals surface area (Å²) >= 11 is 0. The standard InChI is InChI=1S/C5H12N4.ClH/c1-5(2)3-7-4(8-5)9-6;/h3,6H2,1-2H3,(H2,7,8,9);1H. The van der Waals surface area contributed by atoms with Crippen molar-refractivity contribution in [3.8, 4) is 0 Å². The molecule has 10 heavy (non-hydrogen) atoms. The van der Waals surface area contributed by atoms with E-state index in [2.05, 4.69) is 29.6 Å². The third-order valence-corrected chi connectivity index (χ3v) is 1.23. The molecular formula is C5H13ClN4. The Labute approximate surface area is 66.7 Å². The first-order chi connectivity index (χ1) is 4.14. The summed E-state index contributed by atoms with van der Waals surface area (Å²) in [7, 11) is 0. The van der Waals surface area contributed by atoms with Crippen LogP contribution in [0.25, 0.3) is 0 Å². The predicted octanol–water partition coefficient (Wildman–Crippen LogP) is -0.391. The van der Waals surface area contributed by atoms with Crippen LogP contribution in [0.4, 0.5) is 0 Å². The fourth-order valence-corrected chi connectivity index (χ4v) is 0.758. The summed E-state index contributed by atoms with van der Waals surface area (Å²) < 4.78 is 0. The molecule has 0 atom stereocenters. The number of rotatable bonds is 0. The summed E-state index contributed by atoms with van der Waals surface area (Å²) in [4.78, 5) is 4.08. The zero-order valence-corrected chi connectivity index (χ0v) is 6.96. The largest absolute Gasteiger partial charge is 0.349 e. The number of aliphatic imine (C=N–C) groups is 1. The number of hydrazine groups is 1. The highest BCUT2D eigenvalue weighted by Gasteiger charge is 2.23. The van der Waals surface area contributed by atoms with Gasteiger partial charge in [0.1, 0.15) is 0 Å². The van der Waals surface area contributed by atoms with Gasteiger partial charge < -0.3 is 5.32 Å². The highest BCUT2D eigenvalue weighted by atomic mass is 35.5. The van der Waals surface area contributed by atoms with E-state index in [1.165, 1.54) is 0 Å². The van der Waals surface area contributed by atoms with E-state index in [9.17, 15) is 0 Å². The number of nitrogens with one attached hydrogen (secondary N) is 2. The molecule has 0 saturated carbocycles. The second-order valence-electron chi connectivity index (χ2n) is 2.82. The van der Waals surface area contributed by atoms with Crippen LogP contribution in [0.1, 0.15) is 13.8 Å². The number of nitrogens with zero attached hydrogens (tertiary/aromatic N) is 1. The first-order valence-corrected chi connectivity index (χ1v) is 2.93. The van der Waals surface area contributed by atoms with E-state index in [1.807, 2.05) is 0 Å². The minimum absolute atomic E-state index is 0. The van der Waals surface area contributed by atoms with Gasteiger partial charge in [-0.1, -0.05) is 0 Å². The van der Waals surface area contributed by atoms with E-state index in [0.717, 1.165) is 6.54 Å². The lowest BCUT2D eigenvalue weighted by molar-refractivity contribution is 0.502. The van der Waals surface area contributed by atoms with E-state index >= 15 is 0 Å². The van der Waals surface area contributed by atoms with Gasteiger partial charge in [-0.2, -0.15) is 0 Å². The summed E-state index contributed by atoms with van der Waals surface area (Å²) in [5, 5.41) is 3.09. The molecule has 0 aliphatic carbocycles. The summed E-state index contributed by atoms with van der Waals surface area (Å²) in [6.07, 6.45) is 0. The molecule has 0 aromatic rings. The minimum Gasteiger partial charge on any atom is -0.349 e. The SMILES string of the molecule is CC1(C)CN=C(NN)N1.Cl. The highest BCUT2D eigenvalue weighted by molar-refractivity contribution is 5.85. The van der Waals surface area contributed by atoms with Gasteiger partial charge in [-0.05, 0) is 13.8 Å². The number of nitrogens with two attached hydrogens (primary N) is 1. The van der Waals surface area contributed by atoms with Gasteiger partial charge in [-0.25, -0.2) is 10.8 Å². The summed E-state index contributed by atoms with van der Waals surface area (Å²) in [5.74, 6) is 5.79. The van der Waals surface area contributed by atoms with Crippen molar-refractivity contribution in [1.29, 1.82) is 0 Å². The molecule has 0 bridgehead atoms. The molecule has 0 spiro atoms. The smallest absolute Gasteiger partial charge is 0.206 e. The monoisotopic (exact) mass is 164 g/mol. The van der Waals surface area contributed by atoms with Crippen molar-refractivity contribution in [2.75, 3.05) is 6.54 Å². The molecule has 4 nitrogen and oxygen atoms in total. The molecule has 1 heterocycles. The van der Waals surface area contributed by atoms with Gasteiger partial charge in [-0.3, -0.25) is 5.43 Å². The van der Waals surface area contributed by atoms with Crippen LogP contribution in [0.2, 0.25) is 0 Å². The molecule has 4 N–H and O–H groups in total. The number of hydrogen-bond donors (Lipinski definition) is 3. The second kappa shape index (κ2) is 3.07. The number of halogens is 1. The molecule has 1 aliphatic rings. The van der Waals surface area contributed by atoms with Crippen molar-refractivity contribution in [2.45, 2.75) is 19.4 Å². The first-order valence-electron chi connectivity index (χ1n) is 2.93. The van der Waals surface area contributed by atoms with Crippen LogP contribution in [0.15, 0.2) is 4.99 Å². The van der Waals surface area contributed by atoms with Crippen molar-refractivity contribution in [3.63, 3.8) is 0 Å². The van der Waals surface area contributed by atoms with Gasteiger partial charge in [0.05, 0.1) is 12.1 Å². The lowest BCUT2D eigenvalue weighted by Gasteiger charge is -2.17. The maximum Gasteiger partial charge on any atom is 0.206 e. The first kappa shape index (κ1) is 9.52. The Balaban J connectivity index is 0.000000810. The average Bonchev–Trinajstić information content (AvgIpc) is 2.10. The van der Waals surface area contributed by atoms with Crippen LogP contribution in [0, 0.1) is 0 Å². The Morgan fingerprint density at radius 1 is 1.70 bits per heavy atom. The molecule has 0 aromatic carbocycles. The Bertz CT molecular complexity index is 143. The van der Waals surface area contributed by atoms with E-state index in [-0.39, 0.29) is 17.9 Å². The van der Waals surface area contributed by atoms with Gasteiger partial charge in [0.15, 0.2) is 0 Å². The summed E-state index contributed by atoms with van der Waals surface area (Å²) in [6.45, 7) is 4.92. The topological polar surface area (TPSA) is 62.4 Å². The van der Waals surface area contributed by atoms with Crippen molar-refractivity contribution in [2.24, 2.45) is 10.8 Å². The van der Waals surface area contributed by atoms with Crippen molar-refractivity contribution in [3.05, 3.63) is 0 Å². The van der Waals surface area contributed by atoms with Crippen molar-refractivity contribution in [1.82, 2.24) is 10.7 Å². The maximum atomic E-state index is 5.11. The second-order valence-corrected chi connectivity index (χ2v) is 2.82. The molecule has 0 radical (unpaired) electrons. The quantitative estimate of drug-likeness (QED) is 0.338. The molecule has 60 valence electrons. The number of hydrogen-bond acceptors (Lipinski definition) is 4. The normalized spacial score (nSPS) is 20.5. The highest BCUT2D eigenvalue weighted by Crippen LogP contribution is 2.06. The zero-order valence-electron chi connectivity index (χ0n) is 6.14. The summed E-state index contributed by atoms with van der Waals surface area (Å²) in [5.41, 5.74) is 2.53. The van der Waals surface area contributed by atoms with Crippen molar-refractivity contribution >= 4 is 18.4 Å². The van der Waals surface area contributed by atoms with Gasteiger partial charge in [0.25, 0.3) is 0 Å². The van der Waals surface area contributed by atoms with E-state index in [0.29, 0.717) is 5.96 Å². The van der Waals surface area contributed by atoms with Crippen LogP contribution < -0.4 is 16.6 Å². The van der Waals surface area contributed by atoms with Crippen molar-refractivity contribution < 1.29 is 0 Å². The van der Waals surface area contributed by atoms with Crippen LogP contribution in [-0.2, 0) is 0 Å². The molecular weight excluding hydrogens is 152 g/mol. The Morgan fingerprint density at radius 3 is 2.50 bits per heavy atom. The van der Waals surface area contributed by atoms with E-state index < -0.39 is 0 Å². The minimum atomic E-state index is 0. The molecule has 5 heteroatoms. The van der Waals surface area contributed by atoms with Crippen LogP contribution in [-0.4, -0.2) is 18.0 Å². The van der Waals surface area contributed by atoms with Gasteiger partial charge in [-0.15, -0.1) is 12.4 Å². The third kappa shape index (κ3) is 2.04. The van der Waals surface area contributed by atoms with E-state index in [4.69, 9.17) is 5.84 Å². The number of guanidine groups is 1. The lowest BCUT2D eigenvalue weighted by Crippen LogP contribution is -2.47. The Morgan fingerprint density at radius 2 is 2.30 bits per heavy atom. The average molecular weight is 165 g/mol. The zero-order chi connectivity index (χ0) is 6.91. The molecule has 0 saturated heterocycles. The van der Waals surface area contributed by atoms with E-state index in [1.54, 1.807) is 0 Å². The third-order valence-electron chi connectivity index (χ3n) is 1.23. The van der Waals surface area contributed by atoms with Crippen LogP contribution >= 0.6 is 12.4 Å². The molecule has 0 fully saturated rings. The Kier molecular flexibility index (Phi) is 2.93. The Hall–Kier alpha value is -0.480. The van der Waals surface area contributed by atoms with Crippen LogP contribution in [0.5, 0.6) is 0 Å². The molecule has 0 unspecified atom stereocenters. The molecule has 0 aromatic heterocycles. The van der Waals surface area contributed by atoms with Gasteiger partial charge in [0.2, 0.25) is 5.96 Å². The molecule has 1 aliphatic heterocycles. The fraction of sp³-hybridized carbons (Fsp3) is 0.800. The van der Waals surface area contributed by atoms with Gasteiger partial charge in [0, 0.05) is 0 Å². The fourth-order valence-electron chi connectivity index (χ4n) is 0.758. The maximum absolute atomic E-state index is 5.11. The van der Waals surface area contributed by atoms with Crippen LogP contribution in [0.3, 0.4) is 0 Å². The molecule has 0 amide bonds. The molecule has 1 rings (SSSR count). The van der Waals surface area contributed by atoms with Gasteiger partial charge >= 0.3 is 0 Å². The predicted molar refractivity (Wildman–Crippen MR) is 44.1 cm³/mol. The summed E-state index contributed by atoms with van der Waals surface area (Å²) in [6, 6.07) is 0.